The number of rotatable bonds is 7. The number of ether oxygens (including phenoxy) is 5. The largest absolute Gasteiger partial charge is 0.467 e. The molecule has 3 aliphatic rings. The molecule has 1 aromatic rings. The van der Waals surface area contributed by atoms with Crippen molar-refractivity contribution in [1.29, 1.82) is 0 Å². The van der Waals surface area contributed by atoms with Crippen LogP contribution < -0.4 is 11.1 Å². The van der Waals surface area contributed by atoms with E-state index in [2.05, 4.69) is 5.32 Å². The molecule has 75 heavy (non-hydrogen) atoms. The molecule has 1 amide bonds. The molecule has 3 aliphatic heterocycles. The van der Waals surface area contributed by atoms with Crippen LogP contribution in [0.5, 0.6) is 0 Å². The Kier molecular flexibility index (Phi) is 26.9. The predicted octanol–water partition coefficient (Wildman–Crippen LogP) is 0.893. The number of nitrogens with two attached hydrogens (primary N) is 1. The van der Waals surface area contributed by atoms with Crippen molar-refractivity contribution in [3.05, 3.63) is 121 Å². The fourth-order valence-electron chi connectivity index (χ4n) is 8.96. The molecule has 0 aromatic heterocycles. The van der Waals surface area contributed by atoms with Gasteiger partial charge in [-0.05, 0) is 31.7 Å². The number of benzene rings is 1. The zero-order chi connectivity index (χ0) is 55.1. The number of carbonyl (C=O) groups excluding carboxylic acids is 3. The number of methoxy groups -OCH3 is 1. The molecule has 2 saturated heterocycles. The van der Waals surface area contributed by atoms with Crippen LogP contribution in [0.25, 0.3) is 0 Å². The van der Waals surface area contributed by atoms with Gasteiger partial charge >= 0.3 is 11.9 Å². The van der Waals surface area contributed by atoms with Crippen molar-refractivity contribution >= 4 is 17.8 Å². The molecule has 0 radical (unpaired) electrons. The number of aliphatic hydroxyl groups is 10. The molecule has 13 N–H and O–H groups in total. The van der Waals surface area contributed by atoms with Gasteiger partial charge in [-0.3, -0.25) is 9.59 Å². The average Bonchev–Trinajstić information content (AvgIpc) is 3.34. The zero-order valence-corrected chi connectivity index (χ0v) is 42.9. The maximum atomic E-state index is 14.4. The average molecular weight is 1060 g/mol. The van der Waals surface area contributed by atoms with Gasteiger partial charge in [0.25, 0.3) is 0 Å². The number of fused-ring (bicyclic) bond motifs is 2. The van der Waals surface area contributed by atoms with E-state index in [1.54, 1.807) is 110 Å². The Morgan fingerprint density at radius 2 is 1.33 bits per heavy atom. The van der Waals surface area contributed by atoms with Crippen molar-refractivity contribution in [3.8, 4) is 0 Å². The van der Waals surface area contributed by atoms with Gasteiger partial charge in [-0.25, -0.2) is 4.79 Å². The summed E-state index contributed by atoms with van der Waals surface area (Å²) in [6.07, 6.45) is 4.22. The summed E-state index contributed by atoms with van der Waals surface area (Å²) >= 11 is 0. The standard InChI is InChI=1S/C55H80N2O18/c1-34-19-15-12-10-8-6-4-5-7-9-11-13-18-22-40(74-54-51(67)50(56)46(65)33-72-54)30-47-49(52(68)57-41(53(69)71-3)26-36-20-16-14-17-21-36)45(64)32-55(70,75-47)31-39(60)28-44(63)42(61)24-23-37(58)27-38(59)29-48(66)73-35(2)25-43(34)62/h4-22,34-35,37-47,49-51,54,58-65,67,70H,23-33,56H2,1-3H3,(H,57,68)/b5-4+,8-6+,9-7+,12-10+,13-11+,19-15+,22-18+/t34-,35-,37?,38?,39?,40?,41?,42?,43-,44?,45-,46+,47-,49+,50-,51-,54-,55?/m0/s1. The summed E-state index contributed by atoms with van der Waals surface area (Å²) in [4.78, 5) is 40.0. The molecule has 20 nitrogen and oxygen atoms in total. The number of cyclic esters (lactones) is 1. The van der Waals surface area contributed by atoms with E-state index in [4.69, 9.17) is 29.4 Å². The molecule has 0 saturated carbocycles. The van der Waals surface area contributed by atoms with Crippen molar-refractivity contribution in [3.63, 3.8) is 0 Å². The van der Waals surface area contributed by atoms with E-state index in [1.165, 1.54) is 6.08 Å². The molecule has 2 fully saturated rings. The number of nitrogens with one attached hydrogen (secondary N) is 1. The fourth-order valence-corrected chi connectivity index (χ4v) is 8.96. The lowest BCUT2D eigenvalue weighted by Gasteiger charge is -2.46. The minimum absolute atomic E-state index is 0.0149. The molecule has 1 aromatic carbocycles. The van der Waals surface area contributed by atoms with Crippen molar-refractivity contribution in [2.45, 2.75) is 175 Å². The van der Waals surface area contributed by atoms with E-state index in [1.807, 2.05) is 13.0 Å². The first-order valence-corrected chi connectivity index (χ1v) is 25.5. The van der Waals surface area contributed by atoms with Crippen LogP contribution in [-0.4, -0.2) is 180 Å². The summed E-state index contributed by atoms with van der Waals surface area (Å²) in [6, 6.07) is 6.40. The SMILES string of the molecule is COC(=O)C(Cc1ccccc1)NC(=O)[C@H]1[C@@H]2CC(O[C@@H]3OC[C@@H](O)[C@H](N)[C@@H]3O)/C=C/C=C/C=C/C=C/C=C/C=C/C=C/[C@H](C)[C@@H](O)C[C@H](C)OC(=O)CC(O)CC(O)CCC(O)C(O)CC(O)CC(O)(C[C@@H]1O)O2. The highest BCUT2D eigenvalue weighted by molar-refractivity contribution is 5.86. The summed E-state index contributed by atoms with van der Waals surface area (Å²) in [5.41, 5.74) is 6.73. The van der Waals surface area contributed by atoms with Crippen LogP contribution in [0, 0.1) is 11.8 Å². The Labute approximate surface area is 438 Å². The smallest absolute Gasteiger partial charge is 0.328 e. The van der Waals surface area contributed by atoms with Gasteiger partial charge in [0, 0.05) is 44.4 Å². The maximum absolute atomic E-state index is 14.4. The molecule has 20 heteroatoms. The third-order valence-electron chi connectivity index (χ3n) is 13.2. The van der Waals surface area contributed by atoms with Crippen LogP contribution in [0.2, 0.25) is 0 Å². The Balaban J connectivity index is 1.64. The highest BCUT2D eigenvalue weighted by Gasteiger charge is 2.51. The van der Waals surface area contributed by atoms with E-state index in [0.717, 1.165) is 7.11 Å². The molecule has 3 heterocycles. The molecule has 0 spiro atoms. The van der Waals surface area contributed by atoms with Gasteiger partial charge in [-0.2, -0.15) is 0 Å². The number of allylic oxidation sites excluding steroid dienone is 12. The molecule has 4 rings (SSSR count). The Bertz CT molecular complexity index is 2100. The van der Waals surface area contributed by atoms with Crippen molar-refractivity contribution in [2.75, 3.05) is 13.7 Å². The summed E-state index contributed by atoms with van der Waals surface area (Å²) < 4.78 is 28.4. The molecule has 8 unspecified atom stereocenters. The molecule has 0 aliphatic carbocycles. The number of amides is 1. The van der Waals surface area contributed by atoms with E-state index < -0.39 is 147 Å². The highest BCUT2D eigenvalue weighted by Crippen LogP contribution is 2.38. The van der Waals surface area contributed by atoms with Crippen LogP contribution in [0.1, 0.15) is 77.2 Å². The predicted molar refractivity (Wildman–Crippen MR) is 274 cm³/mol. The number of hydrogen-bond donors (Lipinski definition) is 12. The fraction of sp³-hybridized carbons (Fsp3) is 0.582. The van der Waals surface area contributed by atoms with Crippen LogP contribution in [-0.2, 0) is 44.5 Å². The molecule has 418 valence electrons. The van der Waals surface area contributed by atoms with Gasteiger partial charge in [-0.1, -0.05) is 122 Å². The second-order valence-electron chi connectivity index (χ2n) is 19.6. The Hall–Kier alpha value is -4.75. The first-order chi connectivity index (χ1) is 35.7. The molecule has 18 atom stereocenters. The van der Waals surface area contributed by atoms with Crippen LogP contribution in [0.4, 0.5) is 0 Å². The van der Waals surface area contributed by atoms with Gasteiger partial charge in [0.1, 0.15) is 18.2 Å². The third-order valence-corrected chi connectivity index (χ3v) is 13.2. The Morgan fingerprint density at radius 1 is 0.720 bits per heavy atom. The van der Waals surface area contributed by atoms with Gasteiger partial charge in [0.2, 0.25) is 5.91 Å². The van der Waals surface area contributed by atoms with E-state index in [0.29, 0.717) is 5.56 Å². The van der Waals surface area contributed by atoms with Crippen molar-refractivity contribution < 1.29 is 89.1 Å². The minimum Gasteiger partial charge on any atom is -0.467 e. The molecule has 2 bridgehead atoms. The molecular weight excluding hydrogens is 977 g/mol. The number of aliphatic hydroxyl groups excluding tert-OH is 9. The minimum atomic E-state index is -2.38. The summed E-state index contributed by atoms with van der Waals surface area (Å²) in [5.74, 6) is -6.53. The van der Waals surface area contributed by atoms with Gasteiger partial charge < -0.3 is 85.8 Å². The number of hydrogen-bond acceptors (Lipinski definition) is 19. The zero-order valence-electron chi connectivity index (χ0n) is 42.9. The van der Waals surface area contributed by atoms with Crippen LogP contribution >= 0.6 is 0 Å². The Morgan fingerprint density at radius 3 is 1.96 bits per heavy atom. The van der Waals surface area contributed by atoms with E-state index in [-0.39, 0.29) is 51.0 Å². The third kappa shape index (κ3) is 22.0. The van der Waals surface area contributed by atoms with E-state index in [9.17, 15) is 65.4 Å². The molecular formula is C55H80N2O18. The first kappa shape index (κ1) is 62.8. The van der Waals surface area contributed by atoms with Crippen LogP contribution in [0.15, 0.2) is 115 Å². The van der Waals surface area contributed by atoms with Crippen molar-refractivity contribution in [2.24, 2.45) is 17.6 Å². The topological polar surface area (TPSA) is 338 Å². The second kappa shape index (κ2) is 32.1. The maximum Gasteiger partial charge on any atom is 0.328 e. The quantitative estimate of drug-likeness (QED) is 0.169. The monoisotopic (exact) mass is 1060 g/mol. The van der Waals surface area contributed by atoms with Gasteiger partial charge in [0.15, 0.2) is 12.1 Å². The number of esters is 2. The highest BCUT2D eigenvalue weighted by atomic mass is 16.7. The second-order valence-corrected chi connectivity index (χ2v) is 19.6. The lowest BCUT2D eigenvalue weighted by molar-refractivity contribution is -0.304. The number of carbonyl (C=O) groups is 3. The van der Waals surface area contributed by atoms with Crippen molar-refractivity contribution in [1.82, 2.24) is 5.32 Å². The summed E-state index contributed by atoms with van der Waals surface area (Å²) in [5, 5.41) is 113. The van der Waals surface area contributed by atoms with Gasteiger partial charge in [-0.15, -0.1) is 0 Å². The summed E-state index contributed by atoms with van der Waals surface area (Å²) in [6.45, 7) is 3.15. The first-order valence-electron chi connectivity index (χ1n) is 25.5. The van der Waals surface area contributed by atoms with Crippen LogP contribution in [0.3, 0.4) is 0 Å². The summed E-state index contributed by atoms with van der Waals surface area (Å²) in [7, 11) is 1.16. The normalized spacial score (nSPS) is 39.3. The lowest BCUT2D eigenvalue weighted by atomic mass is 9.82. The lowest BCUT2D eigenvalue weighted by Crippen LogP contribution is -2.60. The van der Waals surface area contributed by atoms with E-state index >= 15 is 0 Å². The van der Waals surface area contributed by atoms with Gasteiger partial charge in [0.05, 0.1) is 93.1 Å².